The van der Waals surface area contributed by atoms with E-state index in [2.05, 4.69) is 53.6 Å². The van der Waals surface area contributed by atoms with Crippen LogP contribution in [0.5, 0.6) is 6.01 Å². The van der Waals surface area contributed by atoms with E-state index in [1.807, 2.05) is 12.4 Å². The van der Waals surface area contributed by atoms with E-state index in [0.717, 1.165) is 11.0 Å². The third kappa shape index (κ3) is 3.39. The fraction of sp³-hybridized carbons (Fsp3) is 0.222. The van der Waals surface area contributed by atoms with Crippen molar-refractivity contribution in [3.63, 3.8) is 0 Å². The summed E-state index contributed by atoms with van der Waals surface area (Å²) in [7, 11) is 1.52. The van der Waals surface area contributed by atoms with Crippen LogP contribution in [-0.4, -0.2) is 41.6 Å². The van der Waals surface area contributed by atoms with Gasteiger partial charge in [-0.25, -0.2) is 29.9 Å². The predicted molar refractivity (Wildman–Crippen MR) is 101 cm³/mol. The Morgan fingerprint density at radius 2 is 1.81 bits per heavy atom. The van der Waals surface area contributed by atoms with Crippen LogP contribution in [0.25, 0.3) is 22.4 Å². The van der Waals surface area contributed by atoms with Gasteiger partial charge in [0.05, 0.1) is 30.7 Å². The largest absolute Gasteiger partial charge is 0.467 e. The van der Waals surface area contributed by atoms with Crippen molar-refractivity contribution in [1.29, 1.82) is 0 Å². The summed E-state index contributed by atoms with van der Waals surface area (Å²) in [6.45, 7) is 4.23. The summed E-state index contributed by atoms with van der Waals surface area (Å²) < 4.78 is 7.07. The Morgan fingerprint density at radius 1 is 1.00 bits per heavy atom. The van der Waals surface area contributed by atoms with Crippen molar-refractivity contribution in [2.24, 2.45) is 0 Å². The lowest BCUT2D eigenvalue weighted by Gasteiger charge is -2.09. The maximum absolute atomic E-state index is 4.97. The molecule has 0 aliphatic heterocycles. The number of anilines is 2. The number of nitrogens with one attached hydrogen (secondary N) is 1. The molecule has 27 heavy (non-hydrogen) atoms. The molecule has 0 unspecified atom stereocenters. The van der Waals surface area contributed by atoms with Crippen LogP contribution in [-0.2, 0) is 0 Å². The molecule has 0 aliphatic carbocycles. The summed E-state index contributed by atoms with van der Waals surface area (Å²) in [6, 6.07) is 4.35. The van der Waals surface area contributed by atoms with Crippen LogP contribution in [0.4, 0.5) is 11.6 Å². The average Bonchev–Trinajstić information content (AvgIpc) is 3.12. The van der Waals surface area contributed by atoms with Gasteiger partial charge in [0.15, 0.2) is 5.82 Å². The molecule has 0 bridgehead atoms. The lowest BCUT2D eigenvalue weighted by molar-refractivity contribution is 0.380. The molecule has 0 aromatic carbocycles. The molecule has 1 N–H and O–H groups in total. The van der Waals surface area contributed by atoms with Crippen molar-refractivity contribution in [1.82, 2.24) is 34.5 Å². The zero-order chi connectivity index (χ0) is 18.8. The summed E-state index contributed by atoms with van der Waals surface area (Å²) in [5, 5.41) is 3.22. The number of fused-ring (bicyclic) bond motifs is 1. The molecule has 0 saturated heterocycles. The van der Waals surface area contributed by atoms with Gasteiger partial charge >= 0.3 is 6.01 Å². The van der Waals surface area contributed by atoms with E-state index in [9.17, 15) is 0 Å². The van der Waals surface area contributed by atoms with Crippen LogP contribution in [0.15, 0.2) is 43.2 Å². The van der Waals surface area contributed by atoms with Crippen molar-refractivity contribution in [3.05, 3.63) is 43.2 Å². The molecule has 0 saturated carbocycles. The standard InChI is InChI=1S/C18H18N8O/c1-11(2)26-10-23-13-9-20-16(6-14(13)26)24-15-4-5-19-17(25-15)12-7-21-18(27-3)22-8-12/h4-11H,1-3H3,(H,19,20,24,25). The molecule has 0 atom stereocenters. The first kappa shape index (κ1) is 16.8. The van der Waals surface area contributed by atoms with Crippen LogP contribution < -0.4 is 10.1 Å². The van der Waals surface area contributed by atoms with Gasteiger partial charge in [0.25, 0.3) is 0 Å². The van der Waals surface area contributed by atoms with Crippen molar-refractivity contribution in [2.45, 2.75) is 19.9 Å². The number of hydrogen-bond acceptors (Lipinski definition) is 8. The number of imidazole rings is 1. The second-order valence-corrected chi connectivity index (χ2v) is 6.15. The lowest BCUT2D eigenvalue weighted by Crippen LogP contribution is -2.01. The maximum Gasteiger partial charge on any atom is 0.316 e. The molecule has 4 aromatic rings. The molecular formula is C18H18N8O. The van der Waals surface area contributed by atoms with Crippen LogP contribution in [0.2, 0.25) is 0 Å². The van der Waals surface area contributed by atoms with Gasteiger partial charge in [-0.1, -0.05) is 0 Å². The SMILES string of the molecule is COc1ncc(-c2nccc(Nc3cc4c(cn3)ncn4C(C)C)n2)cn1. The quantitative estimate of drug-likeness (QED) is 0.578. The Balaban J connectivity index is 1.62. The number of pyridine rings is 1. The number of hydrogen-bond donors (Lipinski definition) is 1. The fourth-order valence-electron chi connectivity index (χ4n) is 2.65. The molecular weight excluding hydrogens is 344 g/mol. The van der Waals surface area contributed by atoms with Crippen LogP contribution >= 0.6 is 0 Å². The second-order valence-electron chi connectivity index (χ2n) is 6.15. The lowest BCUT2D eigenvalue weighted by atomic mass is 10.3. The third-order valence-electron chi connectivity index (χ3n) is 4.00. The number of ether oxygens (including phenoxy) is 1. The van der Waals surface area contributed by atoms with Gasteiger partial charge in [0, 0.05) is 30.7 Å². The summed E-state index contributed by atoms with van der Waals surface area (Å²) in [5.41, 5.74) is 2.56. The van der Waals surface area contributed by atoms with Gasteiger partial charge in [-0.2, -0.15) is 0 Å². The summed E-state index contributed by atoms with van der Waals surface area (Å²) in [4.78, 5) is 25.8. The van der Waals surface area contributed by atoms with E-state index in [1.54, 1.807) is 30.9 Å². The normalized spacial score (nSPS) is 11.1. The van der Waals surface area contributed by atoms with Gasteiger partial charge in [-0.3, -0.25) is 0 Å². The Morgan fingerprint density at radius 3 is 2.56 bits per heavy atom. The molecule has 0 fully saturated rings. The molecule has 0 radical (unpaired) electrons. The van der Waals surface area contributed by atoms with E-state index in [-0.39, 0.29) is 0 Å². The fourth-order valence-corrected chi connectivity index (χ4v) is 2.65. The van der Waals surface area contributed by atoms with Crippen LogP contribution in [0.1, 0.15) is 19.9 Å². The van der Waals surface area contributed by atoms with E-state index in [4.69, 9.17) is 4.74 Å². The maximum atomic E-state index is 4.97. The second kappa shape index (κ2) is 6.94. The molecule has 4 heterocycles. The highest BCUT2D eigenvalue weighted by Crippen LogP contribution is 2.22. The first-order valence-corrected chi connectivity index (χ1v) is 8.43. The Hall–Kier alpha value is -3.62. The van der Waals surface area contributed by atoms with E-state index in [1.165, 1.54) is 7.11 Å². The monoisotopic (exact) mass is 362 g/mol. The van der Waals surface area contributed by atoms with Gasteiger partial charge in [0.1, 0.15) is 17.2 Å². The van der Waals surface area contributed by atoms with Gasteiger partial charge in [-0.15, -0.1) is 0 Å². The minimum atomic E-state index is 0.298. The molecule has 4 aromatic heterocycles. The minimum absolute atomic E-state index is 0.298. The molecule has 9 heteroatoms. The zero-order valence-electron chi connectivity index (χ0n) is 15.2. The first-order valence-electron chi connectivity index (χ1n) is 8.43. The van der Waals surface area contributed by atoms with Gasteiger partial charge in [0.2, 0.25) is 0 Å². The van der Waals surface area contributed by atoms with E-state index in [0.29, 0.717) is 35.1 Å². The Labute approximate surface area is 155 Å². The highest BCUT2D eigenvalue weighted by atomic mass is 16.5. The van der Waals surface area contributed by atoms with Gasteiger partial charge in [-0.05, 0) is 19.9 Å². The molecule has 9 nitrogen and oxygen atoms in total. The van der Waals surface area contributed by atoms with Crippen molar-refractivity contribution in [3.8, 4) is 17.4 Å². The summed E-state index contributed by atoms with van der Waals surface area (Å²) >= 11 is 0. The van der Waals surface area contributed by atoms with Crippen LogP contribution in [0.3, 0.4) is 0 Å². The average molecular weight is 362 g/mol. The highest BCUT2D eigenvalue weighted by Gasteiger charge is 2.09. The molecule has 4 rings (SSSR count). The van der Waals surface area contributed by atoms with Crippen molar-refractivity contribution < 1.29 is 4.74 Å². The van der Waals surface area contributed by atoms with Crippen molar-refractivity contribution in [2.75, 3.05) is 12.4 Å². The zero-order valence-corrected chi connectivity index (χ0v) is 15.2. The first-order chi connectivity index (χ1) is 13.1. The highest BCUT2D eigenvalue weighted by molar-refractivity contribution is 5.78. The number of methoxy groups -OCH3 is 1. The Kier molecular flexibility index (Phi) is 4.33. The van der Waals surface area contributed by atoms with Gasteiger partial charge < -0.3 is 14.6 Å². The van der Waals surface area contributed by atoms with E-state index < -0.39 is 0 Å². The number of nitrogens with zero attached hydrogens (tertiary/aromatic N) is 7. The summed E-state index contributed by atoms with van der Waals surface area (Å²) in [5.74, 6) is 1.81. The van der Waals surface area contributed by atoms with Crippen molar-refractivity contribution >= 4 is 22.7 Å². The Bertz CT molecular complexity index is 1070. The molecule has 0 amide bonds. The smallest absolute Gasteiger partial charge is 0.316 e. The van der Waals surface area contributed by atoms with Crippen LogP contribution in [0, 0.1) is 0 Å². The number of rotatable bonds is 5. The number of aromatic nitrogens is 7. The topological polar surface area (TPSA) is 104 Å². The van der Waals surface area contributed by atoms with E-state index >= 15 is 0 Å². The molecule has 0 spiro atoms. The minimum Gasteiger partial charge on any atom is -0.467 e. The predicted octanol–water partition coefficient (Wildman–Crippen LogP) is 3.01. The molecule has 0 aliphatic rings. The molecule has 136 valence electrons. The summed E-state index contributed by atoms with van der Waals surface area (Å²) in [6.07, 6.45) is 8.49. The third-order valence-corrected chi connectivity index (χ3v) is 4.00.